The third-order valence-corrected chi connectivity index (χ3v) is 4.47. The molecule has 2 amide bonds. The Bertz CT molecular complexity index is 774. The lowest BCUT2D eigenvalue weighted by molar-refractivity contribution is -0.284. The van der Waals surface area contributed by atoms with E-state index in [1.54, 1.807) is 0 Å². The lowest BCUT2D eigenvalue weighted by Crippen LogP contribution is -2.52. The van der Waals surface area contributed by atoms with Crippen LogP contribution in [0.5, 0.6) is 0 Å². The molecule has 1 aliphatic rings. The van der Waals surface area contributed by atoms with E-state index in [0.29, 0.717) is 6.61 Å². The number of carbonyl (C=O) groups is 1. The Hall–Kier alpha value is -2.37. The fraction of sp³-hybridized carbons (Fsp3) is 0.381. The summed E-state index contributed by atoms with van der Waals surface area (Å²) in [6, 6.07) is 15.3. The lowest BCUT2D eigenvalue weighted by Gasteiger charge is -2.41. The zero-order valence-corrected chi connectivity index (χ0v) is 15.7. The van der Waals surface area contributed by atoms with Gasteiger partial charge in [-0.2, -0.15) is 0 Å². The molecule has 2 N–H and O–H groups in total. The van der Waals surface area contributed by atoms with Crippen molar-refractivity contribution in [2.75, 3.05) is 11.9 Å². The van der Waals surface area contributed by atoms with Crippen molar-refractivity contribution >= 4 is 11.7 Å². The van der Waals surface area contributed by atoms with Crippen LogP contribution in [0.15, 0.2) is 48.5 Å². The molecule has 5 nitrogen and oxygen atoms in total. The second kappa shape index (κ2) is 7.48. The number of benzene rings is 2. The molecule has 1 saturated heterocycles. The minimum atomic E-state index is -0.692. The van der Waals surface area contributed by atoms with Crippen LogP contribution in [-0.2, 0) is 9.47 Å². The summed E-state index contributed by atoms with van der Waals surface area (Å²) in [5.41, 5.74) is 3.93. The van der Waals surface area contributed by atoms with Gasteiger partial charge in [0.25, 0.3) is 0 Å². The number of hydrogen-bond donors (Lipinski definition) is 2. The van der Waals surface area contributed by atoms with Crippen LogP contribution in [0.3, 0.4) is 0 Å². The standard InChI is InChI=1S/C21H26N2O3/c1-14-10-11-15(2)17(12-14)22-20(24)23-18-13-25-21(3,4)26-19(18)16-8-6-5-7-9-16/h5-12,18-19H,13H2,1-4H3,(H2,22,23,24)/t18-,19-/m0/s1. The molecule has 2 aromatic rings. The van der Waals surface area contributed by atoms with Gasteiger partial charge in [0.05, 0.1) is 12.6 Å². The highest BCUT2D eigenvalue weighted by molar-refractivity contribution is 5.90. The Kier molecular flexibility index (Phi) is 5.30. The maximum atomic E-state index is 12.5. The molecule has 0 aromatic heterocycles. The monoisotopic (exact) mass is 354 g/mol. The number of carbonyl (C=O) groups excluding carboxylic acids is 1. The van der Waals surface area contributed by atoms with Gasteiger partial charge in [-0.3, -0.25) is 0 Å². The molecule has 5 heteroatoms. The normalized spacial score (nSPS) is 21.8. The molecule has 1 aliphatic heterocycles. The Morgan fingerprint density at radius 3 is 2.58 bits per heavy atom. The van der Waals surface area contributed by atoms with Gasteiger partial charge < -0.3 is 20.1 Å². The highest BCUT2D eigenvalue weighted by Gasteiger charge is 2.38. The molecule has 138 valence electrons. The zero-order chi connectivity index (χ0) is 18.7. The zero-order valence-electron chi connectivity index (χ0n) is 15.7. The SMILES string of the molecule is Cc1ccc(C)c(NC(=O)N[C@H]2COC(C)(C)O[C@H]2c2ccccc2)c1. The van der Waals surface area contributed by atoms with Crippen molar-refractivity contribution in [1.29, 1.82) is 0 Å². The number of rotatable bonds is 3. The molecule has 1 fully saturated rings. The molecule has 0 unspecified atom stereocenters. The van der Waals surface area contributed by atoms with E-state index in [1.165, 1.54) is 0 Å². The predicted octanol–water partition coefficient (Wildman–Crippen LogP) is 4.32. The molecule has 0 bridgehead atoms. The molecular weight excluding hydrogens is 328 g/mol. The van der Waals surface area contributed by atoms with E-state index in [9.17, 15) is 4.79 Å². The third-order valence-electron chi connectivity index (χ3n) is 4.47. The average Bonchev–Trinajstić information content (AvgIpc) is 2.60. The van der Waals surface area contributed by atoms with Crippen molar-refractivity contribution in [3.63, 3.8) is 0 Å². The molecular formula is C21H26N2O3. The topological polar surface area (TPSA) is 59.6 Å². The predicted molar refractivity (Wildman–Crippen MR) is 102 cm³/mol. The van der Waals surface area contributed by atoms with Crippen molar-refractivity contribution < 1.29 is 14.3 Å². The summed E-state index contributed by atoms with van der Waals surface area (Å²) in [6.45, 7) is 8.12. The first-order valence-electron chi connectivity index (χ1n) is 8.85. The van der Waals surface area contributed by atoms with E-state index < -0.39 is 5.79 Å². The van der Waals surface area contributed by atoms with Crippen molar-refractivity contribution in [1.82, 2.24) is 5.32 Å². The van der Waals surface area contributed by atoms with Crippen molar-refractivity contribution in [3.8, 4) is 0 Å². The summed E-state index contributed by atoms with van der Waals surface area (Å²) >= 11 is 0. The molecule has 3 rings (SSSR count). The average molecular weight is 354 g/mol. The summed E-state index contributed by atoms with van der Waals surface area (Å²) in [4.78, 5) is 12.5. The summed E-state index contributed by atoms with van der Waals surface area (Å²) in [5, 5.41) is 5.93. The first kappa shape index (κ1) is 18.4. The van der Waals surface area contributed by atoms with Crippen molar-refractivity contribution in [2.24, 2.45) is 0 Å². The number of ether oxygens (including phenoxy) is 2. The van der Waals surface area contributed by atoms with E-state index >= 15 is 0 Å². The van der Waals surface area contributed by atoms with Crippen LogP contribution in [0.4, 0.5) is 10.5 Å². The van der Waals surface area contributed by atoms with Gasteiger partial charge >= 0.3 is 6.03 Å². The number of aryl methyl sites for hydroxylation is 2. The van der Waals surface area contributed by atoms with E-state index in [1.807, 2.05) is 76.2 Å². The molecule has 2 aromatic carbocycles. The Balaban J connectivity index is 1.74. The third kappa shape index (κ3) is 4.42. The van der Waals surface area contributed by atoms with E-state index in [4.69, 9.17) is 9.47 Å². The fourth-order valence-corrected chi connectivity index (χ4v) is 3.06. The Labute approximate surface area is 154 Å². The molecule has 0 aliphatic carbocycles. The quantitative estimate of drug-likeness (QED) is 0.863. The van der Waals surface area contributed by atoms with Gasteiger partial charge in [0.1, 0.15) is 6.10 Å². The van der Waals surface area contributed by atoms with Gasteiger partial charge in [-0.1, -0.05) is 42.5 Å². The summed E-state index contributed by atoms with van der Waals surface area (Å²) in [5.74, 6) is -0.692. The van der Waals surface area contributed by atoms with Crippen molar-refractivity contribution in [2.45, 2.75) is 45.6 Å². The first-order valence-corrected chi connectivity index (χ1v) is 8.85. The largest absolute Gasteiger partial charge is 0.348 e. The molecule has 0 spiro atoms. The van der Waals surface area contributed by atoms with Crippen LogP contribution in [0.25, 0.3) is 0 Å². The highest BCUT2D eigenvalue weighted by atomic mass is 16.7. The minimum absolute atomic E-state index is 0.267. The Morgan fingerprint density at radius 2 is 1.85 bits per heavy atom. The van der Waals surface area contributed by atoms with Crippen molar-refractivity contribution in [3.05, 3.63) is 65.2 Å². The maximum absolute atomic E-state index is 12.5. The van der Waals surface area contributed by atoms with Crippen LogP contribution in [0.1, 0.15) is 36.6 Å². The van der Waals surface area contributed by atoms with Gasteiger partial charge in [0.2, 0.25) is 0 Å². The lowest BCUT2D eigenvalue weighted by atomic mass is 10.0. The number of urea groups is 1. The van der Waals surface area contributed by atoms with Crippen LogP contribution in [-0.4, -0.2) is 24.5 Å². The molecule has 0 radical (unpaired) electrons. The molecule has 2 atom stereocenters. The number of amides is 2. The van der Waals surface area contributed by atoms with Crippen LogP contribution >= 0.6 is 0 Å². The number of anilines is 1. The molecule has 26 heavy (non-hydrogen) atoms. The summed E-state index contributed by atoms with van der Waals surface area (Å²) < 4.78 is 11.9. The van der Waals surface area contributed by atoms with Gasteiger partial charge in [-0.25, -0.2) is 4.79 Å². The van der Waals surface area contributed by atoms with Crippen LogP contribution in [0.2, 0.25) is 0 Å². The first-order chi connectivity index (χ1) is 12.3. The fourth-order valence-electron chi connectivity index (χ4n) is 3.06. The van der Waals surface area contributed by atoms with Gasteiger partial charge in [0, 0.05) is 5.69 Å². The maximum Gasteiger partial charge on any atom is 0.319 e. The summed E-state index contributed by atoms with van der Waals surface area (Å²) in [6.07, 6.45) is -0.274. The second-order valence-corrected chi connectivity index (χ2v) is 7.18. The highest BCUT2D eigenvalue weighted by Crippen LogP contribution is 2.33. The molecule has 0 saturated carbocycles. The molecule has 1 heterocycles. The minimum Gasteiger partial charge on any atom is -0.348 e. The van der Waals surface area contributed by atoms with Gasteiger partial charge in [-0.15, -0.1) is 0 Å². The van der Waals surface area contributed by atoms with Gasteiger partial charge in [0.15, 0.2) is 5.79 Å². The number of hydrogen-bond acceptors (Lipinski definition) is 3. The van der Waals surface area contributed by atoms with E-state index in [-0.39, 0.29) is 18.2 Å². The van der Waals surface area contributed by atoms with Crippen LogP contribution in [0, 0.1) is 13.8 Å². The second-order valence-electron chi connectivity index (χ2n) is 7.18. The number of nitrogens with one attached hydrogen (secondary N) is 2. The van der Waals surface area contributed by atoms with E-state index in [2.05, 4.69) is 10.6 Å². The smallest absolute Gasteiger partial charge is 0.319 e. The summed E-state index contributed by atoms with van der Waals surface area (Å²) in [7, 11) is 0. The van der Waals surface area contributed by atoms with E-state index in [0.717, 1.165) is 22.4 Å². The van der Waals surface area contributed by atoms with Gasteiger partial charge in [-0.05, 0) is 50.5 Å². The van der Waals surface area contributed by atoms with Crippen LogP contribution < -0.4 is 10.6 Å². The Morgan fingerprint density at radius 1 is 1.12 bits per heavy atom.